The molecule has 0 amide bonds. The average Bonchev–Trinajstić information content (AvgIpc) is 2.77. The van der Waals surface area contributed by atoms with Gasteiger partial charge in [0.15, 0.2) is 0 Å². The van der Waals surface area contributed by atoms with Crippen molar-refractivity contribution in [1.82, 2.24) is 4.98 Å². The Kier molecular flexibility index (Phi) is 4.24. The highest BCUT2D eigenvalue weighted by Gasteiger charge is 2.05. The quantitative estimate of drug-likeness (QED) is 0.730. The lowest BCUT2D eigenvalue weighted by molar-refractivity contribution is 0.828. The summed E-state index contributed by atoms with van der Waals surface area (Å²) in [5.74, 6) is 1.50. The number of thioether (sulfide) groups is 1. The largest absolute Gasteiger partial charge is 0.245 e. The zero-order chi connectivity index (χ0) is 12.3. The molecule has 0 aliphatic carbocycles. The number of aryl methyl sites for hydroxylation is 1. The van der Waals surface area contributed by atoms with E-state index >= 15 is 0 Å². The minimum absolute atomic E-state index is 0.532. The molecule has 0 aliphatic rings. The molecule has 0 aliphatic heterocycles. The number of nitrogens with zero attached hydrogens (tertiary/aromatic N) is 1. The molecule has 1 heterocycles. The Labute approximate surface area is 111 Å². The zero-order valence-electron chi connectivity index (χ0n) is 10.4. The van der Waals surface area contributed by atoms with Crippen LogP contribution in [0, 0.1) is 6.92 Å². The number of aromatic nitrogens is 1. The SMILES string of the molecule is Cc1ccc(SCc2nc(C(C)C)cs2)cc1. The van der Waals surface area contributed by atoms with Gasteiger partial charge < -0.3 is 0 Å². The highest BCUT2D eigenvalue weighted by atomic mass is 32.2. The second kappa shape index (κ2) is 5.69. The highest BCUT2D eigenvalue weighted by Crippen LogP contribution is 2.26. The van der Waals surface area contributed by atoms with Crippen LogP contribution in [0.15, 0.2) is 34.5 Å². The summed E-state index contributed by atoms with van der Waals surface area (Å²) in [7, 11) is 0. The molecule has 0 atom stereocenters. The Morgan fingerprint density at radius 3 is 2.53 bits per heavy atom. The van der Waals surface area contributed by atoms with Gasteiger partial charge in [-0.05, 0) is 25.0 Å². The Morgan fingerprint density at radius 2 is 1.94 bits per heavy atom. The van der Waals surface area contributed by atoms with Crippen LogP contribution in [-0.2, 0) is 5.75 Å². The van der Waals surface area contributed by atoms with Crippen molar-refractivity contribution in [1.29, 1.82) is 0 Å². The van der Waals surface area contributed by atoms with Gasteiger partial charge in [-0.15, -0.1) is 23.1 Å². The predicted octanol–water partition coefficient (Wildman–Crippen LogP) is 4.87. The summed E-state index contributed by atoms with van der Waals surface area (Å²) in [4.78, 5) is 5.96. The van der Waals surface area contributed by atoms with Crippen LogP contribution in [0.4, 0.5) is 0 Å². The van der Waals surface area contributed by atoms with Crippen LogP contribution >= 0.6 is 23.1 Å². The third kappa shape index (κ3) is 3.58. The molecular formula is C14H17NS2. The molecule has 0 saturated heterocycles. The molecule has 0 unspecified atom stereocenters. The third-order valence-corrected chi connectivity index (χ3v) is 4.62. The molecule has 0 N–H and O–H groups in total. The van der Waals surface area contributed by atoms with E-state index in [1.54, 1.807) is 11.3 Å². The van der Waals surface area contributed by atoms with Crippen LogP contribution in [0.2, 0.25) is 0 Å². The van der Waals surface area contributed by atoms with E-state index in [2.05, 4.69) is 55.4 Å². The van der Waals surface area contributed by atoms with Gasteiger partial charge in [0.1, 0.15) is 5.01 Å². The lowest BCUT2D eigenvalue weighted by atomic mass is 10.2. The fourth-order valence-electron chi connectivity index (χ4n) is 1.44. The monoisotopic (exact) mass is 263 g/mol. The maximum absolute atomic E-state index is 4.64. The fraction of sp³-hybridized carbons (Fsp3) is 0.357. The second-order valence-corrected chi connectivity index (χ2v) is 6.41. The van der Waals surface area contributed by atoms with Gasteiger partial charge in [-0.2, -0.15) is 0 Å². The van der Waals surface area contributed by atoms with Crippen LogP contribution in [0.1, 0.15) is 36.0 Å². The van der Waals surface area contributed by atoms with Crippen LogP contribution < -0.4 is 0 Å². The van der Waals surface area contributed by atoms with Gasteiger partial charge in [0.05, 0.1) is 11.4 Å². The number of benzene rings is 1. The van der Waals surface area contributed by atoms with E-state index in [0.717, 1.165) is 5.75 Å². The summed E-state index contributed by atoms with van der Waals surface area (Å²) >= 11 is 3.62. The lowest BCUT2D eigenvalue weighted by Gasteiger charge is -2.00. The van der Waals surface area contributed by atoms with E-state index < -0.39 is 0 Å². The van der Waals surface area contributed by atoms with E-state index in [-0.39, 0.29) is 0 Å². The summed E-state index contributed by atoms with van der Waals surface area (Å²) < 4.78 is 0. The summed E-state index contributed by atoms with van der Waals surface area (Å²) in [5.41, 5.74) is 2.53. The van der Waals surface area contributed by atoms with Crippen LogP contribution in [-0.4, -0.2) is 4.98 Å². The van der Waals surface area contributed by atoms with Gasteiger partial charge >= 0.3 is 0 Å². The number of hydrogen-bond donors (Lipinski definition) is 0. The molecular weight excluding hydrogens is 246 g/mol. The molecule has 0 bridgehead atoms. The van der Waals surface area contributed by atoms with Crippen LogP contribution in [0.25, 0.3) is 0 Å². The van der Waals surface area contributed by atoms with Crippen molar-refractivity contribution in [2.45, 2.75) is 37.3 Å². The topological polar surface area (TPSA) is 12.9 Å². The molecule has 0 fully saturated rings. The van der Waals surface area contributed by atoms with E-state index in [9.17, 15) is 0 Å². The van der Waals surface area contributed by atoms with E-state index in [1.807, 2.05) is 11.8 Å². The van der Waals surface area contributed by atoms with Gasteiger partial charge in [0.2, 0.25) is 0 Å². The molecule has 0 spiro atoms. The van der Waals surface area contributed by atoms with Crippen LogP contribution in [0.5, 0.6) is 0 Å². The van der Waals surface area contributed by atoms with Gasteiger partial charge in [0.25, 0.3) is 0 Å². The molecule has 0 saturated carbocycles. The van der Waals surface area contributed by atoms with Crippen molar-refractivity contribution < 1.29 is 0 Å². The van der Waals surface area contributed by atoms with Gasteiger partial charge in [-0.25, -0.2) is 4.98 Å². The average molecular weight is 263 g/mol. The maximum atomic E-state index is 4.64. The van der Waals surface area contributed by atoms with Crippen molar-refractivity contribution in [3.05, 3.63) is 45.9 Å². The van der Waals surface area contributed by atoms with Crippen molar-refractivity contribution in [3.8, 4) is 0 Å². The predicted molar refractivity (Wildman–Crippen MR) is 76.9 cm³/mol. The number of rotatable bonds is 4. The summed E-state index contributed by atoms with van der Waals surface area (Å²) in [6.07, 6.45) is 0. The Morgan fingerprint density at radius 1 is 1.24 bits per heavy atom. The lowest BCUT2D eigenvalue weighted by Crippen LogP contribution is -1.87. The number of thiazole rings is 1. The standard InChI is InChI=1S/C14H17NS2/c1-10(2)13-8-17-14(15-13)9-16-12-6-4-11(3)5-7-12/h4-8,10H,9H2,1-3H3. The van der Waals surface area contributed by atoms with Crippen molar-refractivity contribution in [2.24, 2.45) is 0 Å². The van der Waals surface area contributed by atoms with E-state index in [4.69, 9.17) is 0 Å². The fourth-order valence-corrected chi connectivity index (χ4v) is 3.31. The number of hydrogen-bond acceptors (Lipinski definition) is 3. The molecule has 1 aromatic heterocycles. The second-order valence-electron chi connectivity index (χ2n) is 4.42. The molecule has 2 rings (SSSR count). The summed E-state index contributed by atoms with van der Waals surface area (Å²) in [6, 6.07) is 8.67. The molecule has 1 nitrogen and oxygen atoms in total. The third-order valence-electron chi connectivity index (χ3n) is 2.54. The molecule has 1 aromatic carbocycles. The van der Waals surface area contributed by atoms with Crippen molar-refractivity contribution >= 4 is 23.1 Å². The van der Waals surface area contributed by atoms with E-state index in [0.29, 0.717) is 5.92 Å². The first kappa shape index (κ1) is 12.7. The van der Waals surface area contributed by atoms with Crippen molar-refractivity contribution in [2.75, 3.05) is 0 Å². The zero-order valence-corrected chi connectivity index (χ0v) is 12.1. The molecule has 2 aromatic rings. The molecule has 0 radical (unpaired) electrons. The summed E-state index contributed by atoms with van der Waals surface area (Å²) in [6.45, 7) is 6.49. The van der Waals surface area contributed by atoms with Gasteiger partial charge in [-0.3, -0.25) is 0 Å². The minimum atomic E-state index is 0.532. The summed E-state index contributed by atoms with van der Waals surface area (Å²) in [5, 5.41) is 3.40. The molecule has 17 heavy (non-hydrogen) atoms. The van der Waals surface area contributed by atoms with Gasteiger partial charge in [0, 0.05) is 10.3 Å². The molecule has 90 valence electrons. The Hall–Kier alpha value is -0.800. The van der Waals surface area contributed by atoms with Crippen molar-refractivity contribution in [3.63, 3.8) is 0 Å². The molecule has 3 heteroatoms. The smallest absolute Gasteiger partial charge is 0.103 e. The maximum Gasteiger partial charge on any atom is 0.103 e. The van der Waals surface area contributed by atoms with Crippen LogP contribution in [0.3, 0.4) is 0 Å². The van der Waals surface area contributed by atoms with E-state index in [1.165, 1.54) is 21.2 Å². The first-order valence-electron chi connectivity index (χ1n) is 5.79. The minimum Gasteiger partial charge on any atom is -0.245 e. The normalized spacial score (nSPS) is 11.1. The Balaban J connectivity index is 1.95. The first-order valence-corrected chi connectivity index (χ1v) is 7.65. The first-order chi connectivity index (χ1) is 8.15. The highest BCUT2D eigenvalue weighted by molar-refractivity contribution is 7.98. The Bertz CT molecular complexity index is 471. The van der Waals surface area contributed by atoms with Gasteiger partial charge in [-0.1, -0.05) is 31.5 Å².